The molecular formula is C27H26FN4O7P. The smallest absolute Gasteiger partial charge is 0.370 e. The van der Waals surface area contributed by atoms with E-state index >= 15 is 0 Å². The summed E-state index contributed by atoms with van der Waals surface area (Å²) < 4.78 is 37.9. The lowest BCUT2D eigenvalue weighted by Crippen LogP contribution is -2.16. The third-order valence-corrected chi connectivity index (χ3v) is 7.25. The van der Waals surface area contributed by atoms with Crippen LogP contribution in [0.1, 0.15) is 19.4 Å². The lowest BCUT2D eigenvalue weighted by atomic mass is 10.2. The normalized spacial score (nSPS) is 11.7. The second-order valence-corrected chi connectivity index (χ2v) is 10.3. The lowest BCUT2D eigenvalue weighted by Gasteiger charge is -2.18. The Bertz CT molecular complexity index is 1580. The third-order valence-electron chi connectivity index (χ3n) is 5.51. The molecule has 1 aromatic heterocycles. The van der Waals surface area contributed by atoms with Crippen LogP contribution < -0.4 is 10.2 Å². The number of imidazole rings is 1. The van der Waals surface area contributed by atoms with Gasteiger partial charge in [-0.2, -0.15) is 4.73 Å². The maximum Gasteiger partial charge on any atom is 0.370 e. The van der Waals surface area contributed by atoms with E-state index in [1.54, 1.807) is 56.3 Å². The number of nitrogens with one attached hydrogen (secondary N) is 1. The maximum absolute atomic E-state index is 13.1. The molecule has 1 N–H and O–H groups in total. The van der Waals surface area contributed by atoms with Crippen LogP contribution in [0.15, 0.2) is 72.8 Å². The Morgan fingerprint density at radius 3 is 2.38 bits per heavy atom. The molecule has 208 valence electrons. The number of benzene rings is 3. The first kappa shape index (κ1) is 28.6. The fraction of sp³-hybridized carbons (Fsp3) is 0.185. The number of aromatic nitrogens is 2. The molecule has 0 fully saturated rings. The zero-order chi connectivity index (χ0) is 28.7. The molecule has 0 saturated carbocycles. The van der Waals surface area contributed by atoms with Crippen LogP contribution >= 0.6 is 7.60 Å². The predicted molar refractivity (Wildman–Crippen MR) is 148 cm³/mol. The molecule has 11 nitrogen and oxygen atoms in total. The van der Waals surface area contributed by atoms with Crippen molar-refractivity contribution in [3.63, 3.8) is 0 Å². The van der Waals surface area contributed by atoms with Crippen molar-refractivity contribution in [2.75, 3.05) is 24.9 Å². The number of rotatable bonds is 12. The van der Waals surface area contributed by atoms with Gasteiger partial charge in [-0.1, -0.05) is 12.1 Å². The van der Waals surface area contributed by atoms with Gasteiger partial charge in [0.2, 0.25) is 12.3 Å². The number of nitro groups is 1. The highest BCUT2D eigenvalue weighted by Gasteiger charge is 2.27. The molecule has 0 atom stereocenters. The maximum atomic E-state index is 13.1. The first-order chi connectivity index (χ1) is 19.2. The zero-order valence-corrected chi connectivity index (χ0v) is 22.5. The fourth-order valence-corrected chi connectivity index (χ4v) is 5.00. The number of nitrogens with zero attached hydrogens (tertiary/aromatic N) is 3. The molecule has 0 spiro atoms. The Hall–Kier alpha value is -4.38. The molecule has 3 aromatic carbocycles. The minimum Gasteiger partial charge on any atom is -0.399 e. The van der Waals surface area contributed by atoms with Crippen molar-refractivity contribution in [3.05, 3.63) is 94.3 Å². The van der Waals surface area contributed by atoms with E-state index in [9.17, 15) is 23.9 Å². The van der Waals surface area contributed by atoms with Crippen molar-refractivity contribution in [3.8, 4) is 11.4 Å². The van der Waals surface area contributed by atoms with Gasteiger partial charge in [0.05, 0.1) is 23.7 Å². The van der Waals surface area contributed by atoms with Gasteiger partial charge in [0, 0.05) is 29.5 Å². The molecule has 0 bridgehead atoms. The van der Waals surface area contributed by atoms with Crippen molar-refractivity contribution >= 4 is 42.0 Å². The molecule has 4 rings (SSSR count). The molecule has 0 aliphatic rings. The van der Waals surface area contributed by atoms with Crippen molar-refractivity contribution in [2.24, 2.45) is 0 Å². The van der Waals surface area contributed by atoms with Crippen molar-refractivity contribution in [2.45, 2.75) is 13.8 Å². The number of nitro benzene ring substituents is 1. The number of carbonyl (C=O) groups is 1. The summed E-state index contributed by atoms with van der Waals surface area (Å²) >= 11 is 0. The predicted octanol–water partition coefficient (Wildman–Crippen LogP) is 6.05. The van der Waals surface area contributed by atoms with E-state index in [4.69, 9.17) is 13.9 Å². The first-order valence-electron chi connectivity index (χ1n) is 12.2. The highest BCUT2D eigenvalue weighted by Crippen LogP contribution is 2.47. The molecule has 0 unspecified atom stereocenters. The third kappa shape index (κ3) is 6.97. The van der Waals surface area contributed by atoms with E-state index in [0.29, 0.717) is 22.3 Å². The average Bonchev–Trinajstić information content (AvgIpc) is 3.30. The Morgan fingerprint density at radius 2 is 1.75 bits per heavy atom. The van der Waals surface area contributed by atoms with E-state index < -0.39 is 18.9 Å². The van der Waals surface area contributed by atoms with E-state index in [-0.39, 0.29) is 42.0 Å². The second-order valence-electron chi connectivity index (χ2n) is 8.32. The molecule has 0 radical (unpaired) electrons. The Labute approximate surface area is 228 Å². The van der Waals surface area contributed by atoms with Crippen LogP contribution in [0.4, 0.5) is 15.8 Å². The van der Waals surface area contributed by atoms with Gasteiger partial charge in [-0.05, 0) is 68.0 Å². The van der Waals surface area contributed by atoms with Gasteiger partial charge < -0.3 is 19.2 Å². The van der Waals surface area contributed by atoms with Gasteiger partial charge >= 0.3 is 7.60 Å². The van der Waals surface area contributed by atoms with E-state index in [1.165, 1.54) is 41.1 Å². The largest absolute Gasteiger partial charge is 0.399 e. The van der Waals surface area contributed by atoms with E-state index in [2.05, 4.69) is 10.3 Å². The molecule has 0 aliphatic carbocycles. The summed E-state index contributed by atoms with van der Waals surface area (Å²) in [6, 6.07) is 16.5. The minimum atomic E-state index is -3.61. The van der Waals surface area contributed by atoms with Gasteiger partial charge in [-0.25, -0.2) is 9.37 Å². The van der Waals surface area contributed by atoms with Crippen LogP contribution in [0.3, 0.4) is 0 Å². The minimum absolute atomic E-state index is 0.135. The lowest BCUT2D eigenvalue weighted by molar-refractivity contribution is -0.384. The zero-order valence-electron chi connectivity index (χ0n) is 21.7. The van der Waals surface area contributed by atoms with Gasteiger partial charge in [-0.15, -0.1) is 0 Å². The topological polar surface area (TPSA) is 135 Å². The number of hydrogen-bond acceptors (Lipinski definition) is 8. The Morgan fingerprint density at radius 1 is 1.07 bits per heavy atom. The molecular weight excluding hydrogens is 542 g/mol. The first-order valence-corrected chi connectivity index (χ1v) is 14.0. The Balaban J connectivity index is 1.60. The van der Waals surface area contributed by atoms with Crippen molar-refractivity contribution in [1.82, 2.24) is 9.71 Å². The molecule has 1 heterocycles. The summed E-state index contributed by atoms with van der Waals surface area (Å²) in [5, 5.41) is 14.1. The van der Waals surface area contributed by atoms with Crippen LogP contribution in [-0.4, -0.2) is 40.1 Å². The summed E-state index contributed by atoms with van der Waals surface area (Å²) in [5.41, 5.74) is 2.24. The Kier molecular flexibility index (Phi) is 9.05. The average molecular weight is 568 g/mol. The standard InChI is InChI=1S/C27H26FN4O7P/c1-3-38-40(36,39-4-2)18-37-31-25-17-23(32(34)35)14-15-24(25)30-27(31)20-8-12-22(13-9-20)29-26(33)16-7-19-5-10-21(28)11-6-19/h5-17H,3-4,18H2,1-2H3,(H,29,33). The summed E-state index contributed by atoms with van der Waals surface area (Å²) in [6.07, 6.45) is 2.44. The monoisotopic (exact) mass is 568 g/mol. The number of anilines is 1. The molecule has 0 saturated heterocycles. The quantitative estimate of drug-likeness (QED) is 0.0944. The summed E-state index contributed by atoms with van der Waals surface area (Å²) in [7, 11) is -3.61. The van der Waals surface area contributed by atoms with E-state index in [0.717, 1.165) is 0 Å². The van der Waals surface area contributed by atoms with Gasteiger partial charge in [0.25, 0.3) is 5.69 Å². The highest BCUT2D eigenvalue weighted by molar-refractivity contribution is 7.53. The van der Waals surface area contributed by atoms with Crippen LogP contribution in [0.2, 0.25) is 0 Å². The fourth-order valence-electron chi connectivity index (χ4n) is 3.73. The number of amides is 1. The van der Waals surface area contributed by atoms with E-state index in [1.807, 2.05) is 0 Å². The van der Waals surface area contributed by atoms with Crippen LogP contribution in [0, 0.1) is 15.9 Å². The molecule has 13 heteroatoms. The number of halogens is 1. The van der Waals surface area contributed by atoms with Gasteiger partial charge in [-0.3, -0.25) is 19.5 Å². The second kappa shape index (κ2) is 12.6. The summed E-state index contributed by atoms with van der Waals surface area (Å²) in [5.74, 6) is -0.469. The summed E-state index contributed by atoms with van der Waals surface area (Å²) in [4.78, 5) is 33.6. The molecule has 4 aromatic rings. The van der Waals surface area contributed by atoms with Gasteiger partial charge in [0.15, 0.2) is 5.82 Å². The van der Waals surface area contributed by atoms with Crippen LogP contribution in [0.25, 0.3) is 28.5 Å². The molecule has 40 heavy (non-hydrogen) atoms. The highest BCUT2D eigenvalue weighted by atomic mass is 31.2. The van der Waals surface area contributed by atoms with Crippen molar-refractivity contribution < 1.29 is 32.6 Å². The van der Waals surface area contributed by atoms with Crippen LogP contribution in [-0.2, 0) is 18.4 Å². The summed E-state index contributed by atoms with van der Waals surface area (Å²) in [6.45, 7) is 3.61. The number of carbonyl (C=O) groups excluding carboxylic acids is 1. The molecule has 0 aliphatic heterocycles. The SMILES string of the molecule is CCOP(=O)(COn1c(-c2ccc(NC(=O)C=Cc3ccc(F)cc3)cc2)nc2ccc([N+](=O)[O-])cc21)OCC. The van der Waals surface area contributed by atoms with Crippen molar-refractivity contribution in [1.29, 1.82) is 0 Å². The number of hydrogen-bond donors (Lipinski definition) is 1. The number of fused-ring (bicyclic) bond motifs is 1. The van der Waals surface area contributed by atoms with Gasteiger partial charge in [0.1, 0.15) is 11.3 Å². The van der Waals surface area contributed by atoms with Crippen LogP contribution in [0.5, 0.6) is 0 Å². The number of non-ortho nitro benzene ring substituents is 1. The molecule has 1 amide bonds.